The summed E-state index contributed by atoms with van der Waals surface area (Å²) < 4.78 is 0. The summed E-state index contributed by atoms with van der Waals surface area (Å²) in [6, 6.07) is 8.20. The lowest BCUT2D eigenvalue weighted by Crippen LogP contribution is -2.31. The number of nitrogens with one attached hydrogen (secondary N) is 1. The molecule has 0 saturated carbocycles. The van der Waals surface area contributed by atoms with Crippen molar-refractivity contribution < 1.29 is 4.79 Å². The zero-order valence-corrected chi connectivity index (χ0v) is 20.0. The fourth-order valence-corrected chi connectivity index (χ4v) is 6.56. The molecule has 3 aromatic rings. The smallest absolute Gasteiger partial charge is 0.234 e. The van der Waals surface area contributed by atoms with Crippen molar-refractivity contribution >= 4 is 56.7 Å². The zero-order chi connectivity index (χ0) is 21.1. The molecule has 0 radical (unpaired) electrons. The Hall–Kier alpha value is -1.61. The maximum absolute atomic E-state index is 12.6. The number of carbonyl (C=O) groups is 1. The molecule has 1 N–H and O–H groups in total. The van der Waals surface area contributed by atoms with Crippen LogP contribution in [0.25, 0.3) is 10.2 Å². The number of hydrogen-bond acceptors (Lipinski definition) is 7. The predicted octanol–water partition coefficient (Wildman–Crippen LogP) is 4.90. The first-order valence-corrected chi connectivity index (χ1v) is 13.0. The van der Waals surface area contributed by atoms with Crippen molar-refractivity contribution in [3.8, 4) is 0 Å². The molecular formula is C22H26N4OS3. The highest BCUT2D eigenvalue weighted by atomic mass is 32.2. The summed E-state index contributed by atoms with van der Waals surface area (Å²) in [4.78, 5) is 26.5. The Morgan fingerprint density at radius 3 is 2.80 bits per heavy atom. The standard InChI is InChI=1S/C22H26N4OS3/c1-14-15(2)30-22-20(14)21(23-16(3)24-22)29-13-19(27)25-18-6-4-5-17(11-18)12-26-7-9-28-10-8-26/h4-6,11H,7-10,12-13H2,1-3H3,(H,25,27). The quantitative estimate of drug-likeness (QED) is 0.419. The molecule has 1 aliphatic rings. The molecule has 1 amide bonds. The van der Waals surface area contributed by atoms with Gasteiger partial charge in [-0.05, 0) is 44.0 Å². The second-order valence-corrected chi connectivity index (χ2v) is 10.9. The van der Waals surface area contributed by atoms with Crippen LogP contribution in [-0.4, -0.2) is 51.1 Å². The van der Waals surface area contributed by atoms with Crippen LogP contribution in [0.15, 0.2) is 29.3 Å². The molecule has 1 saturated heterocycles. The van der Waals surface area contributed by atoms with E-state index in [9.17, 15) is 4.79 Å². The van der Waals surface area contributed by atoms with E-state index in [2.05, 4.69) is 46.2 Å². The molecule has 0 atom stereocenters. The number of anilines is 1. The number of aryl methyl sites for hydroxylation is 3. The third kappa shape index (κ3) is 5.17. The first-order valence-electron chi connectivity index (χ1n) is 10.1. The highest BCUT2D eigenvalue weighted by Crippen LogP contribution is 2.35. The topological polar surface area (TPSA) is 58.1 Å². The molecule has 0 spiro atoms. The Balaban J connectivity index is 1.40. The number of rotatable bonds is 6. The third-order valence-electron chi connectivity index (χ3n) is 5.17. The molecule has 0 aliphatic carbocycles. The van der Waals surface area contributed by atoms with Crippen molar-refractivity contribution in [3.05, 3.63) is 46.1 Å². The number of carbonyl (C=O) groups excluding carboxylic acids is 1. The minimum atomic E-state index is -0.0134. The average Bonchev–Trinajstić information content (AvgIpc) is 3.00. The number of nitrogens with zero attached hydrogens (tertiary/aromatic N) is 3. The Labute approximate surface area is 190 Å². The lowest BCUT2D eigenvalue weighted by atomic mass is 10.2. The number of fused-ring (bicyclic) bond motifs is 1. The van der Waals surface area contributed by atoms with Gasteiger partial charge in [0.15, 0.2) is 0 Å². The Morgan fingerprint density at radius 1 is 1.20 bits per heavy atom. The summed E-state index contributed by atoms with van der Waals surface area (Å²) in [5, 5.41) is 5.03. The number of hydrogen-bond donors (Lipinski definition) is 1. The second kappa shape index (κ2) is 9.68. The average molecular weight is 459 g/mol. The highest BCUT2D eigenvalue weighted by Gasteiger charge is 2.15. The van der Waals surface area contributed by atoms with Gasteiger partial charge in [-0.25, -0.2) is 9.97 Å². The molecule has 0 bridgehead atoms. The van der Waals surface area contributed by atoms with Crippen LogP contribution < -0.4 is 5.32 Å². The van der Waals surface area contributed by atoms with Gasteiger partial charge in [-0.3, -0.25) is 9.69 Å². The van der Waals surface area contributed by atoms with E-state index in [4.69, 9.17) is 0 Å². The van der Waals surface area contributed by atoms with Gasteiger partial charge in [0.1, 0.15) is 15.7 Å². The van der Waals surface area contributed by atoms with E-state index in [1.807, 2.05) is 30.8 Å². The summed E-state index contributed by atoms with van der Waals surface area (Å²) in [5.41, 5.74) is 3.31. The SMILES string of the molecule is Cc1nc(SCC(=O)Nc2cccc(CN3CCSCC3)c2)c2c(C)c(C)sc2n1. The van der Waals surface area contributed by atoms with E-state index in [1.54, 1.807) is 11.3 Å². The summed E-state index contributed by atoms with van der Waals surface area (Å²) in [6.45, 7) is 9.31. The van der Waals surface area contributed by atoms with Crippen molar-refractivity contribution in [3.63, 3.8) is 0 Å². The summed E-state index contributed by atoms with van der Waals surface area (Å²) in [6.07, 6.45) is 0. The number of thiophene rings is 1. The lowest BCUT2D eigenvalue weighted by molar-refractivity contribution is -0.113. The maximum Gasteiger partial charge on any atom is 0.234 e. The van der Waals surface area contributed by atoms with E-state index in [0.717, 1.165) is 46.4 Å². The molecule has 30 heavy (non-hydrogen) atoms. The van der Waals surface area contributed by atoms with Gasteiger partial charge in [0, 0.05) is 47.1 Å². The number of thioether (sulfide) groups is 2. The van der Waals surface area contributed by atoms with Crippen molar-refractivity contribution in [2.24, 2.45) is 0 Å². The van der Waals surface area contributed by atoms with Gasteiger partial charge in [-0.15, -0.1) is 11.3 Å². The number of aromatic nitrogens is 2. The Kier molecular flexibility index (Phi) is 6.98. The Morgan fingerprint density at radius 2 is 2.00 bits per heavy atom. The highest BCUT2D eigenvalue weighted by molar-refractivity contribution is 8.00. The van der Waals surface area contributed by atoms with E-state index >= 15 is 0 Å². The van der Waals surface area contributed by atoms with E-state index in [-0.39, 0.29) is 5.91 Å². The van der Waals surface area contributed by atoms with Gasteiger partial charge in [0.05, 0.1) is 5.75 Å². The van der Waals surface area contributed by atoms with E-state index in [0.29, 0.717) is 5.75 Å². The fourth-order valence-electron chi connectivity index (χ4n) is 3.51. The van der Waals surface area contributed by atoms with Crippen LogP contribution >= 0.6 is 34.9 Å². The molecule has 1 aromatic carbocycles. The maximum atomic E-state index is 12.6. The summed E-state index contributed by atoms with van der Waals surface area (Å²) >= 11 is 5.19. The van der Waals surface area contributed by atoms with Gasteiger partial charge in [0.2, 0.25) is 5.91 Å². The molecule has 1 fully saturated rings. The van der Waals surface area contributed by atoms with Gasteiger partial charge < -0.3 is 5.32 Å². The molecule has 0 unspecified atom stereocenters. The van der Waals surface area contributed by atoms with Crippen LogP contribution in [-0.2, 0) is 11.3 Å². The first-order chi connectivity index (χ1) is 14.5. The minimum absolute atomic E-state index is 0.0134. The molecule has 5 nitrogen and oxygen atoms in total. The van der Waals surface area contributed by atoms with Crippen LogP contribution in [0.3, 0.4) is 0 Å². The number of amides is 1. The van der Waals surface area contributed by atoms with E-state index in [1.165, 1.54) is 39.3 Å². The molecule has 1 aliphatic heterocycles. The van der Waals surface area contributed by atoms with Crippen LogP contribution in [0.4, 0.5) is 5.69 Å². The van der Waals surface area contributed by atoms with Crippen molar-refractivity contribution in [1.82, 2.24) is 14.9 Å². The van der Waals surface area contributed by atoms with Crippen LogP contribution in [0.1, 0.15) is 21.8 Å². The number of benzene rings is 1. The molecule has 2 aromatic heterocycles. The first kappa shape index (κ1) is 21.6. The monoisotopic (exact) mass is 458 g/mol. The van der Waals surface area contributed by atoms with Crippen molar-refractivity contribution in [2.45, 2.75) is 32.3 Å². The summed E-state index contributed by atoms with van der Waals surface area (Å²) in [5.74, 6) is 3.46. The molecule has 3 heterocycles. The fraction of sp³-hybridized carbons (Fsp3) is 0.409. The van der Waals surface area contributed by atoms with Crippen molar-refractivity contribution in [2.75, 3.05) is 35.7 Å². The molecule has 158 valence electrons. The molecule has 8 heteroatoms. The lowest BCUT2D eigenvalue weighted by Gasteiger charge is -2.26. The van der Waals surface area contributed by atoms with Crippen molar-refractivity contribution in [1.29, 1.82) is 0 Å². The second-order valence-electron chi connectivity index (χ2n) is 7.47. The molecule has 4 rings (SSSR count). The van der Waals surface area contributed by atoms with Crippen LogP contribution in [0.5, 0.6) is 0 Å². The van der Waals surface area contributed by atoms with E-state index < -0.39 is 0 Å². The van der Waals surface area contributed by atoms with Gasteiger partial charge in [-0.1, -0.05) is 23.9 Å². The molecular weight excluding hydrogens is 432 g/mol. The van der Waals surface area contributed by atoms with Gasteiger partial charge in [-0.2, -0.15) is 11.8 Å². The zero-order valence-electron chi connectivity index (χ0n) is 17.5. The predicted molar refractivity (Wildman–Crippen MR) is 130 cm³/mol. The van der Waals surface area contributed by atoms with Gasteiger partial charge in [0.25, 0.3) is 0 Å². The van der Waals surface area contributed by atoms with Crippen LogP contribution in [0, 0.1) is 20.8 Å². The largest absolute Gasteiger partial charge is 0.325 e. The Bertz CT molecular complexity index is 1060. The van der Waals surface area contributed by atoms with Gasteiger partial charge >= 0.3 is 0 Å². The third-order valence-corrected chi connectivity index (χ3v) is 8.19. The summed E-state index contributed by atoms with van der Waals surface area (Å²) in [7, 11) is 0. The van der Waals surface area contributed by atoms with Crippen LogP contribution in [0.2, 0.25) is 0 Å². The normalized spacial score (nSPS) is 14.9. The minimum Gasteiger partial charge on any atom is -0.325 e.